The number of hydrogen-bond donors (Lipinski definition) is 9. The summed E-state index contributed by atoms with van der Waals surface area (Å²) in [5.41, 5.74) is 1.30. The van der Waals surface area contributed by atoms with Crippen molar-refractivity contribution in [3.05, 3.63) is 35.9 Å². The molecule has 0 radical (unpaired) electrons. The third-order valence-corrected chi connectivity index (χ3v) is 2.69. The number of likely N-dealkylation sites (tertiary alicyclic amines) is 1. The number of nitrogens with zero attached hydrogens (tertiary/aromatic N) is 1. The highest BCUT2D eigenvalue weighted by Gasteiger charge is 2.14. The van der Waals surface area contributed by atoms with Crippen LogP contribution in [0.25, 0.3) is 0 Å². The van der Waals surface area contributed by atoms with Crippen LogP contribution in [0.4, 0.5) is 17.3 Å². The van der Waals surface area contributed by atoms with Gasteiger partial charge >= 0.3 is 29.6 Å². The van der Waals surface area contributed by atoms with E-state index in [1.165, 1.54) is 18.4 Å². The lowest BCUT2D eigenvalue weighted by molar-refractivity contribution is 0.338. The first-order valence-corrected chi connectivity index (χ1v) is 8.16. The van der Waals surface area contributed by atoms with Crippen LogP contribution in [0.2, 0.25) is 0 Å². The molecule has 0 spiro atoms. The van der Waals surface area contributed by atoms with E-state index >= 15 is 0 Å². The van der Waals surface area contributed by atoms with E-state index in [0.29, 0.717) is 0 Å². The highest BCUT2D eigenvalue weighted by atomic mass is 19.1. The maximum Gasteiger partial charge on any atom is 0.674 e. The zero-order valence-corrected chi connectivity index (χ0v) is 15.8. The van der Waals surface area contributed by atoms with Crippen LogP contribution in [0.1, 0.15) is 24.8 Å². The molecule has 0 unspecified atom stereocenters. The summed E-state index contributed by atoms with van der Waals surface area (Å²) in [6.45, 7) is 1.95. The summed E-state index contributed by atoms with van der Waals surface area (Å²) in [6.07, 6.45) is 3.37. The van der Waals surface area contributed by atoms with E-state index in [-0.39, 0.29) is 0 Å². The molecule has 2 rings (SSSR count). The van der Waals surface area contributed by atoms with Gasteiger partial charge in [0.05, 0.1) is 5.84 Å². The molecule has 10 nitrogen and oxygen atoms in total. The summed E-state index contributed by atoms with van der Waals surface area (Å²) in [4.78, 5) is 2.18. The third-order valence-electron chi connectivity index (χ3n) is 2.69. The Bertz CT molecular complexity index is 477. The van der Waals surface area contributed by atoms with E-state index in [4.69, 9.17) is 45.6 Å². The Labute approximate surface area is 172 Å². The number of amidine groups is 1. The van der Waals surface area contributed by atoms with Crippen LogP contribution >= 0.6 is 0 Å². The Balaban J connectivity index is -0.000000378. The average Bonchev–Trinajstić information content (AvgIpc) is 2.56. The second kappa shape index (κ2) is 22.0. The maximum atomic E-state index is 10.1. The minimum Gasteiger partial charge on any atom is -0.398 e. The SMILES string of the molecule is N=C1CCCCN1Cc1ccccc1.OB(O)F.OB(O)F.OB(O)F.OB(O)F. The Morgan fingerprint density at radius 1 is 0.733 bits per heavy atom. The highest BCUT2D eigenvalue weighted by Crippen LogP contribution is 2.14. The molecule has 1 aromatic rings. The first kappa shape index (κ1) is 33.0. The first-order chi connectivity index (χ1) is 13.8. The zero-order valence-electron chi connectivity index (χ0n) is 15.8. The minimum absolute atomic E-state index is 0.806. The summed E-state index contributed by atoms with van der Waals surface area (Å²) >= 11 is 0. The van der Waals surface area contributed by atoms with Crippen LogP contribution in [0.15, 0.2) is 30.3 Å². The Morgan fingerprint density at radius 3 is 1.43 bits per heavy atom. The van der Waals surface area contributed by atoms with Gasteiger partial charge in [0.2, 0.25) is 0 Å². The van der Waals surface area contributed by atoms with Crippen molar-refractivity contribution in [2.24, 2.45) is 0 Å². The van der Waals surface area contributed by atoms with Gasteiger partial charge in [-0.2, -0.15) is 0 Å². The number of hydrogen-bond acceptors (Lipinski definition) is 9. The molecule has 18 heteroatoms. The van der Waals surface area contributed by atoms with Crippen LogP contribution < -0.4 is 0 Å². The van der Waals surface area contributed by atoms with Gasteiger partial charge in [0.15, 0.2) is 0 Å². The van der Waals surface area contributed by atoms with Crippen molar-refractivity contribution in [1.29, 1.82) is 5.41 Å². The van der Waals surface area contributed by atoms with Crippen LogP contribution in [0.5, 0.6) is 0 Å². The number of halogens is 4. The van der Waals surface area contributed by atoms with E-state index in [1.807, 2.05) is 6.07 Å². The van der Waals surface area contributed by atoms with Crippen molar-refractivity contribution >= 4 is 35.4 Å². The van der Waals surface area contributed by atoms with Gasteiger partial charge in [-0.25, -0.2) is 0 Å². The van der Waals surface area contributed by atoms with Crippen LogP contribution in [0.3, 0.4) is 0 Å². The minimum atomic E-state index is -2.67. The van der Waals surface area contributed by atoms with Crippen molar-refractivity contribution in [3.8, 4) is 0 Å². The molecule has 9 N–H and O–H groups in total. The molecule has 1 saturated heterocycles. The van der Waals surface area contributed by atoms with E-state index in [9.17, 15) is 17.3 Å². The molecule has 0 saturated carbocycles. The van der Waals surface area contributed by atoms with Gasteiger partial charge in [-0.3, -0.25) is 22.7 Å². The largest absolute Gasteiger partial charge is 0.674 e. The molecule has 0 atom stereocenters. The number of nitrogens with one attached hydrogen (secondary N) is 1. The van der Waals surface area contributed by atoms with Crippen molar-refractivity contribution in [2.45, 2.75) is 25.8 Å². The quantitative estimate of drug-likeness (QED) is 0.190. The van der Waals surface area contributed by atoms with Gasteiger partial charge in [0, 0.05) is 19.5 Å². The van der Waals surface area contributed by atoms with Gasteiger partial charge in [-0.15, -0.1) is 0 Å². The Kier molecular flexibility index (Phi) is 24.2. The zero-order chi connectivity index (χ0) is 24.1. The topological polar surface area (TPSA) is 189 Å². The normalized spacial score (nSPS) is 11.6. The van der Waals surface area contributed by atoms with Crippen molar-refractivity contribution in [2.75, 3.05) is 6.54 Å². The average molecular weight is 444 g/mol. The van der Waals surface area contributed by atoms with Crippen molar-refractivity contribution < 1.29 is 57.5 Å². The van der Waals surface area contributed by atoms with Gasteiger partial charge in [-0.05, 0) is 18.4 Å². The lowest BCUT2D eigenvalue weighted by atomic mass is 10.1. The predicted octanol–water partition coefficient (Wildman–Crippen LogP) is -1.65. The summed E-state index contributed by atoms with van der Waals surface area (Å²) < 4.78 is 40.4. The molecule has 1 aliphatic heterocycles. The van der Waals surface area contributed by atoms with Gasteiger partial charge in [-0.1, -0.05) is 30.3 Å². The molecule has 170 valence electrons. The Hall–Kier alpha value is -1.65. The number of piperidine rings is 1. The molecule has 1 aromatic carbocycles. The van der Waals surface area contributed by atoms with Crippen LogP contribution in [-0.4, -0.2) is 87.1 Å². The molecule has 1 fully saturated rings. The molecular weight excluding hydrogens is 419 g/mol. The molecule has 1 aliphatic rings. The van der Waals surface area contributed by atoms with Crippen LogP contribution in [-0.2, 0) is 6.54 Å². The summed E-state index contributed by atoms with van der Waals surface area (Å²) in [6, 6.07) is 10.4. The van der Waals surface area contributed by atoms with Crippen LogP contribution in [0, 0.1) is 5.41 Å². The first-order valence-electron chi connectivity index (χ1n) is 8.16. The fraction of sp³-hybridized carbons (Fsp3) is 0.417. The second-order valence-electron chi connectivity index (χ2n) is 5.05. The summed E-state index contributed by atoms with van der Waals surface area (Å²) in [5, 5.41) is 63.4. The maximum absolute atomic E-state index is 10.1. The molecular formula is C12H24B4F4N2O8. The van der Waals surface area contributed by atoms with E-state index in [0.717, 1.165) is 25.3 Å². The fourth-order valence-electron chi connectivity index (χ4n) is 1.87. The van der Waals surface area contributed by atoms with Gasteiger partial charge in [0.1, 0.15) is 0 Å². The monoisotopic (exact) mass is 444 g/mol. The molecule has 0 aliphatic carbocycles. The lowest BCUT2D eigenvalue weighted by Gasteiger charge is -2.29. The number of rotatable bonds is 2. The molecule has 0 amide bonds. The van der Waals surface area contributed by atoms with Gasteiger partial charge < -0.3 is 45.1 Å². The summed E-state index contributed by atoms with van der Waals surface area (Å²) in [7, 11) is -10.7. The highest BCUT2D eigenvalue weighted by molar-refractivity contribution is 6.32. The van der Waals surface area contributed by atoms with E-state index in [1.54, 1.807) is 0 Å². The molecule has 30 heavy (non-hydrogen) atoms. The lowest BCUT2D eigenvalue weighted by Crippen LogP contribution is -2.34. The Morgan fingerprint density at radius 2 is 1.10 bits per heavy atom. The fourth-order valence-corrected chi connectivity index (χ4v) is 1.87. The molecule has 0 aromatic heterocycles. The smallest absolute Gasteiger partial charge is 0.398 e. The molecule has 1 heterocycles. The predicted molar refractivity (Wildman–Crippen MR) is 104 cm³/mol. The van der Waals surface area contributed by atoms with E-state index in [2.05, 4.69) is 29.2 Å². The molecule has 0 bridgehead atoms. The van der Waals surface area contributed by atoms with E-state index < -0.39 is 29.6 Å². The standard InChI is InChI=1S/C12H16N2.4BFH2O2/c13-12-8-4-5-9-14(12)10-11-6-2-1-3-7-11;4*2-1(3)4/h1-3,6-7,13H,4-5,8-10H2;4*3-4H. The van der Waals surface area contributed by atoms with Crippen molar-refractivity contribution in [1.82, 2.24) is 4.90 Å². The second-order valence-corrected chi connectivity index (χ2v) is 5.05. The third kappa shape index (κ3) is 37.1. The van der Waals surface area contributed by atoms with Gasteiger partial charge in [0.25, 0.3) is 0 Å². The number of benzene rings is 1. The summed E-state index contributed by atoms with van der Waals surface area (Å²) in [5.74, 6) is 0.806. The van der Waals surface area contributed by atoms with Crippen molar-refractivity contribution in [3.63, 3.8) is 0 Å².